The first-order valence-corrected chi connectivity index (χ1v) is 8.28. The predicted octanol–water partition coefficient (Wildman–Crippen LogP) is 2.71. The SMILES string of the molecule is CC(C)C(CNC(=O)N1CCCC2CCCCC21)C(=O)O. The molecule has 2 amide bonds. The van der Waals surface area contributed by atoms with Gasteiger partial charge in [0.2, 0.25) is 0 Å². The number of carboxylic acid groups (broad SMARTS) is 1. The minimum Gasteiger partial charge on any atom is -0.481 e. The van der Waals surface area contributed by atoms with Crippen LogP contribution >= 0.6 is 0 Å². The van der Waals surface area contributed by atoms with E-state index in [9.17, 15) is 14.7 Å². The third kappa shape index (κ3) is 3.89. The van der Waals surface area contributed by atoms with Crippen molar-refractivity contribution in [3.63, 3.8) is 0 Å². The van der Waals surface area contributed by atoms with Gasteiger partial charge in [-0.05, 0) is 37.5 Å². The number of fused-ring (bicyclic) bond motifs is 1. The number of nitrogens with one attached hydrogen (secondary N) is 1. The monoisotopic (exact) mass is 296 g/mol. The number of rotatable bonds is 4. The molecule has 1 aliphatic carbocycles. The summed E-state index contributed by atoms with van der Waals surface area (Å²) in [5, 5.41) is 12.0. The second-order valence-electron chi connectivity index (χ2n) is 6.82. The van der Waals surface area contributed by atoms with Crippen molar-refractivity contribution < 1.29 is 14.7 Å². The van der Waals surface area contributed by atoms with Crippen LogP contribution in [0.3, 0.4) is 0 Å². The molecule has 1 saturated carbocycles. The highest BCUT2D eigenvalue weighted by Gasteiger charge is 2.36. The Labute approximate surface area is 127 Å². The Kier molecular flexibility index (Phi) is 5.48. The summed E-state index contributed by atoms with van der Waals surface area (Å²) in [7, 11) is 0. The number of carbonyl (C=O) groups excluding carboxylic acids is 1. The fraction of sp³-hybridized carbons (Fsp3) is 0.875. The number of urea groups is 1. The van der Waals surface area contributed by atoms with Crippen molar-refractivity contribution in [3.8, 4) is 0 Å². The smallest absolute Gasteiger partial charge is 0.317 e. The van der Waals surface area contributed by atoms with E-state index >= 15 is 0 Å². The van der Waals surface area contributed by atoms with Gasteiger partial charge < -0.3 is 15.3 Å². The molecule has 1 saturated heterocycles. The lowest BCUT2D eigenvalue weighted by molar-refractivity contribution is -0.142. The van der Waals surface area contributed by atoms with Gasteiger partial charge in [-0.25, -0.2) is 4.79 Å². The summed E-state index contributed by atoms with van der Waals surface area (Å²) in [5.74, 6) is -0.675. The Balaban J connectivity index is 1.91. The number of aliphatic carboxylic acids is 1. The lowest BCUT2D eigenvalue weighted by atomic mass is 9.78. The Morgan fingerprint density at radius 3 is 2.52 bits per heavy atom. The number of piperidine rings is 1. The van der Waals surface area contributed by atoms with E-state index in [1.54, 1.807) is 0 Å². The van der Waals surface area contributed by atoms with Crippen LogP contribution in [0, 0.1) is 17.8 Å². The third-order valence-corrected chi connectivity index (χ3v) is 5.10. The van der Waals surface area contributed by atoms with Crippen molar-refractivity contribution in [3.05, 3.63) is 0 Å². The number of nitrogens with zero attached hydrogens (tertiary/aromatic N) is 1. The lowest BCUT2D eigenvalue weighted by Crippen LogP contribution is -2.54. The zero-order chi connectivity index (χ0) is 15.4. The van der Waals surface area contributed by atoms with Crippen molar-refractivity contribution in [2.45, 2.75) is 58.4 Å². The van der Waals surface area contributed by atoms with Gasteiger partial charge in [0.05, 0.1) is 5.92 Å². The summed E-state index contributed by atoms with van der Waals surface area (Å²) in [6.45, 7) is 4.79. The first kappa shape index (κ1) is 16.1. The predicted molar refractivity (Wildman–Crippen MR) is 81.0 cm³/mol. The van der Waals surface area contributed by atoms with Crippen LogP contribution in [0.1, 0.15) is 52.4 Å². The fourth-order valence-corrected chi connectivity index (χ4v) is 3.78. The van der Waals surface area contributed by atoms with Crippen LogP contribution in [0.15, 0.2) is 0 Å². The van der Waals surface area contributed by atoms with Crippen LogP contribution in [0.5, 0.6) is 0 Å². The molecular formula is C16H28N2O3. The minimum absolute atomic E-state index is 0.0200. The molecule has 0 spiro atoms. The van der Waals surface area contributed by atoms with Crippen molar-refractivity contribution >= 4 is 12.0 Å². The van der Waals surface area contributed by atoms with Crippen molar-refractivity contribution in [1.29, 1.82) is 0 Å². The number of carboxylic acids is 1. The molecule has 2 aliphatic rings. The molecule has 2 fully saturated rings. The van der Waals surface area contributed by atoms with E-state index in [1.807, 2.05) is 18.7 Å². The molecule has 5 nitrogen and oxygen atoms in total. The Hall–Kier alpha value is -1.26. The topological polar surface area (TPSA) is 69.6 Å². The van der Waals surface area contributed by atoms with Crippen molar-refractivity contribution in [1.82, 2.24) is 10.2 Å². The minimum atomic E-state index is -0.834. The highest BCUT2D eigenvalue weighted by molar-refractivity contribution is 5.76. The molecule has 0 bridgehead atoms. The Bertz CT molecular complexity index is 382. The summed E-state index contributed by atoms with van der Waals surface area (Å²) in [6.07, 6.45) is 7.13. The summed E-state index contributed by atoms with van der Waals surface area (Å²) < 4.78 is 0. The van der Waals surface area contributed by atoms with Gasteiger partial charge in [0, 0.05) is 19.1 Å². The number of hydrogen-bond donors (Lipinski definition) is 2. The summed E-state index contributed by atoms with van der Waals surface area (Å²) in [6, 6.07) is 0.299. The van der Waals surface area contributed by atoms with Gasteiger partial charge >= 0.3 is 12.0 Å². The van der Waals surface area contributed by atoms with Gasteiger partial charge in [-0.2, -0.15) is 0 Å². The molecule has 5 heteroatoms. The van der Waals surface area contributed by atoms with Gasteiger partial charge in [-0.15, -0.1) is 0 Å². The van der Waals surface area contributed by atoms with E-state index in [0.717, 1.165) is 19.4 Å². The average molecular weight is 296 g/mol. The van der Waals surface area contributed by atoms with E-state index in [1.165, 1.54) is 25.7 Å². The molecule has 120 valence electrons. The van der Waals surface area contributed by atoms with E-state index < -0.39 is 11.9 Å². The van der Waals surface area contributed by atoms with Gasteiger partial charge in [-0.1, -0.05) is 26.7 Å². The molecule has 2 rings (SSSR count). The maximum absolute atomic E-state index is 12.4. The van der Waals surface area contributed by atoms with E-state index in [4.69, 9.17) is 0 Å². The first-order valence-electron chi connectivity index (χ1n) is 8.28. The fourth-order valence-electron chi connectivity index (χ4n) is 3.78. The first-order chi connectivity index (χ1) is 10.0. The summed E-state index contributed by atoms with van der Waals surface area (Å²) >= 11 is 0. The molecule has 0 radical (unpaired) electrons. The number of amides is 2. The molecule has 0 aromatic carbocycles. The number of carbonyl (C=O) groups is 2. The van der Waals surface area contributed by atoms with Crippen LogP contribution in [0.4, 0.5) is 4.79 Å². The van der Waals surface area contributed by atoms with Crippen LogP contribution < -0.4 is 5.32 Å². The molecule has 3 unspecified atom stereocenters. The van der Waals surface area contributed by atoms with E-state index in [2.05, 4.69) is 5.32 Å². The molecule has 1 heterocycles. The molecule has 0 aromatic heterocycles. The van der Waals surface area contributed by atoms with E-state index in [-0.39, 0.29) is 18.5 Å². The van der Waals surface area contributed by atoms with Crippen LogP contribution in [0.25, 0.3) is 0 Å². The Morgan fingerprint density at radius 1 is 1.19 bits per heavy atom. The zero-order valence-electron chi connectivity index (χ0n) is 13.2. The van der Waals surface area contributed by atoms with Crippen LogP contribution in [-0.2, 0) is 4.79 Å². The second kappa shape index (κ2) is 7.14. The summed E-state index contributed by atoms with van der Waals surface area (Å²) in [4.78, 5) is 25.6. The highest BCUT2D eigenvalue weighted by atomic mass is 16.4. The van der Waals surface area contributed by atoms with Gasteiger partial charge in [0.15, 0.2) is 0 Å². The maximum atomic E-state index is 12.4. The molecule has 2 N–H and O–H groups in total. The standard InChI is InChI=1S/C16H28N2O3/c1-11(2)13(15(19)20)10-17-16(21)18-9-5-7-12-6-3-4-8-14(12)18/h11-14H,3-10H2,1-2H3,(H,17,21)(H,19,20). The molecule has 0 aromatic rings. The quantitative estimate of drug-likeness (QED) is 0.838. The van der Waals surface area contributed by atoms with Gasteiger partial charge in [0.1, 0.15) is 0 Å². The molecule has 21 heavy (non-hydrogen) atoms. The molecule has 1 aliphatic heterocycles. The summed E-state index contributed by atoms with van der Waals surface area (Å²) in [5.41, 5.74) is 0. The second-order valence-corrected chi connectivity index (χ2v) is 6.82. The molecular weight excluding hydrogens is 268 g/mol. The zero-order valence-corrected chi connectivity index (χ0v) is 13.2. The van der Waals surface area contributed by atoms with Gasteiger partial charge in [-0.3, -0.25) is 4.79 Å². The average Bonchev–Trinajstić information content (AvgIpc) is 2.46. The Morgan fingerprint density at radius 2 is 1.86 bits per heavy atom. The lowest BCUT2D eigenvalue weighted by Gasteiger charge is -2.44. The van der Waals surface area contributed by atoms with Crippen molar-refractivity contribution in [2.75, 3.05) is 13.1 Å². The number of likely N-dealkylation sites (tertiary alicyclic amines) is 1. The third-order valence-electron chi connectivity index (χ3n) is 5.10. The van der Waals surface area contributed by atoms with Crippen LogP contribution in [-0.4, -0.2) is 41.1 Å². The number of hydrogen-bond acceptors (Lipinski definition) is 2. The normalized spacial score (nSPS) is 27.1. The van der Waals surface area contributed by atoms with Gasteiger partial charge in [0.25, 0.3) is 0 Å². The largest absolute Gasteiger partial charge is 0.481 e. The molecule has 3 atom stereocenters. The van der Waals surface area contributed by atoms with Crippen molar-refractivity contribution in [2.24, 2.45) is 17.8 Å². The van der Waals surface area contributed by atoms with Crippen LogP contribution in [0.2, 0.25) is 0 Å². The highest BCUT2D eigenvalue weighted by Crippen LogP contribution is 2.35. The maximum Gasteiger partial charge on any atom is 0.317 e. The van der Waals surface area contributed by atoms with E-state index in [0.29, 0.717) is 12.0 Å².